The molecule has 0 saturated heterocycles. The number of fused-ring (bicyclic) bond motifs is 2. The van der Waals surface area contributed by atoms with Crippen LogP contribution in [0.3, 0.4) is 0 Å². The van der Waals surface area contributed by atoms with E-state index >= 15 is 0 Å². The van der Waals surface area contributed by atoms with Crippen LogP contribution in [0.25, 0.3) is 16.7 Å². The van der Waals surface area contributed by atoms with Crippen molar-refractivity contribution >= 4 is 32.3 Å². The van der Waals surface area contributed by atoms with Crippen LogP contribution in [0.2, 0.25) is 0 Å². The number of anilines is 1. The molecular weight excluding hydrogens is 400 g/mol. The maximum absolute atomic E-state index is 13.4. The molecule has 3 aromatic heterocycles. The number of nitrogen functional groups attached to an aromatic ring is 1. The summed E-state index contributed by atoms with van der Waals surface area (Å²) in [5.74, 6) is 0.0630. The second kappa shape index (κ2) is 6.91. The van der Waals surface area contributed by atoms with Gasteiger partial charge in [0, 0.05) is 11.8 Å². The molecule has 4 rings (SSSR count). The summed E-state index contributed by atoms with van der Waals surface area (Å²) >= 11 is 0. The molecule has 1 aromatic carbocycles. The molecule has 0 radical (unpaired) electrons. The van der Waals surface area contributed by atoms with Gasteiger partial charge in [-0.2, -0.15) is 0 Å². The predicted octanol–water partition coefficient (Wildman–Crippen LogP) is 2.50. The minimum absolute atomic E-state index is 0.0630. The average molecular weight is 424 g/mol. The minimum Gasteiger partial charge on any atom is -0.317 e. The zero-order chi connectivity index (χ0) is 21.8. The molecule has 2 N–H and O–H groups in total. The molecule has 0 fully saturated rings. The van der Waals surface area contributed by atoms with Crippen LogP contribution in [0, 0.1) is 20.8 Å². The first kappa shape index (κ1) is 20.0. The third kappa shape index (κ3) is 2.87. The van der Waals surface area contributed by atoms with E-state index in [0.29, 0.717) is 17.8 Å². The molecule has 0 amide bonds. The third-order valence-electron chi connectivity index (χ3n) is 5.53. The Kier molecular flexibility index (Phi) is 4.62. The van der Waals surface area contributed by atoms with Gasteiger partial charge in [0.1, 0.15) is 10.3 Å². The summed E-state index contributed by atoms with van der Waals surface area (Å²) in [6.07, 6.45) is 1.63. The number of aryl methyl sites for hydroxylation is 4. The van der Waals surface area contributed by atoms with Gasteiger partial charge >= 0.3 is 0 Å². The van der Waals surface area contributed by atoms with Crippen LogP contribution in [0.15, 0.2) is 57.2 Å². The summed E-state index contributed by atoms with van der Waals surface area (Å²) in [6.45, 7) is 7.85. The first-order chi connectivity index (χ1) is 14.2. The van der Waals surface area contributed by atoms with Gasteiger partial charge in [-0.25, -0.2) is 13.0 Å². The molecule has 0 aliphatic carbocycles. The molecule has 0 aliphatic heterocycles. The van der Waals surface area contributed by atoms with E-state index in [0.717, 1.165) is 16.7 Å². The number of pyridine rings is 2. The maximum Gasteiger partial charge on any atom is 0.278 e. The first-order valence-electron chi connectivity index (χ1n) is 9.63. The summed E-state index contributed by atoms with van der Waals surface area (Å²) in [5.41, 5.74) is 9.56. The highest BCUT2D eigenvalue weighted by atomic mass is 32.2. The molecular formula is C22H23N4O3S+. The van der Waals surface area contributed by atoms with Gasteiger partial charge in [0.05, 0.1) is 11.4 Å². The second-order valence-corrected chi connectivity index (χ2v) is 9.34. The summed E-state index contributed by atoms with van der Waals surface area (Å²) in [6, 6.07) is 9.93. The molecule has 0 aliphatic rings. The van der Waals surface area contributed by atoms with Gasteiger partial charge in [-0.3, -0.25) is 9.20 Å². The van der Waals surface area contributed by atoms with E-state index in [1.807, 2.05) is 33.8 Å². The van der Waals surface area contributed by atoms with Gasteiger partial charge < -0.3 is 5.73 Å². The number of sulfone groups is 1. The van der Waals surface area contributed by atoms with Crippen LogP contribution in [0.5, 0.6) is 0 Å². The van der Waals surface area contributed by atoms with Gasteiger partial charge in [-0.1, -0.05) is 17.1 Å². The SMILES string of the molecule is CC[n+]1c(N)c(S(=O)(=O)c2ccc(C)c(C)c2)cc2c(=O)n3cccc(C)c3nc21. The lowest BCUT2D eigenvalue weighted by Gasteiger charge is -2.12. The molecule has 4 aromatic rings. The number of aromatic nitrogens is 3. The van der Waals surface area contributed by atoms with Crippen molar-refractivity contribution in [3.8, 4) is 0 Å². The van der Waals surface area contributed by atoms with Crippen molar-refractivity contribution in [1.82, 2.24) is 9.38 Å². The molecule has 0 atom stereocenters. The number of benzene rings is 1. The highest BCUT2D eigenvalue weighted by Crippen LogP contribution is 2.27. The topological polar surface area (TPSA) is 98.4 Å². The second-order valence-electron chi connectivity index (χ2n) is 7.43. The van der Waals surface area contributed by atoms with Crippen LogP contribution in [-0.2, 0) is 16.4 Å². The molecule has 0 saturated carbocycles. The van der Waals surface area contributed by atoms with E-state index in [9.17, 15) is 13.2 Å². The van der Waals surface area contributed by atoms with Gasteiger partial charge in [0.2, 0.25) is 21.3 Å². The summed E-state index contributed by atoms with van der Waals surface area (Å²) in [4.78, 5) is 17.9. The van der Waals surface area contributed by atoms with Crippen LogP contribution in [0.1, 0.15) is 23.6 Å². The molecule has 3 heterocycles. The summed E-state index contributed by atoms with van der Waals surface area (Å²) < 4.78 is 29.9. The number of hydrogen-bond donors (Lipinski definition) is 1. The largest absolute Gasteiger partial charge is 0.317 e. The van der Waals surface area contributed by atoms with Crippen molar-refractivity contribution in [3.05, 3.63) is 69.6 Å². The van der Waals surface area contributed by atoms with Gasteiger partial charge in [-0.05, 0) is 63.1 Å². The smallest absolute Gasteiger partial charge is 0.278 e. The Morgan fingerprint density at radius 1 is 1.07 bits per heavy atom. The monoisotopic (exact) mass is 423 g/mol. The van der Waals surface area contributed by atoms with E-state index in [1.165, 1.54) is 10.5 Å². The van der Waals surface area contributed by atoms with E-state index < -0.39 is 9.84 Å². The molecule has 30 heavy (non-hydrogen) atoms. The highest BCUT2D eigenvalue weighted by molar-refractivity contribution is 7.91. The van der Waals surface area contributed by atoms with Crippen molar-refractivity contribution in [2.45, 2.75) is 44.0 Å². The fourth-order valence-corrected chi connectivity index (χ4v) is 5.12. The highest BCUT2D eigenvalue weighted by Gasteiger charge is 2.29. The van der Waals surface area contributed by atoms with Crippen LogP contribution < -0.4 is 15.9 Å². The Morgan fingerprint density at radius 2 is 1.80 bits per heavy atom. The van der Waals surface area contributed by atoms with Gasteiger partial charge in [0.15, 0.2) is 0 Å². The Labute approximate surface area is 174 Å². The zero-order valence-corrected chi connectivity index (χ0v) is 18.1. The van der Waals surface area contributed by atoms with Crippen molar-refractivity contribution < 1.29 is 13.0 Å². The molecule has 8 heteroatoms. The van der Waals surface area contributed by atoms with Crippen LogP contribution in [0.4, 0.5) is 5.82 Å². The van der Waals surface area contributed by atoms with Gasteiger partial charge in [-0.15, -0.1) is 0 Å². The Hall–Kier alpha value is -3.26. The van der Waals surface area contributed by atoms with E-state index in [-0.39, 0.29) is 26.6 Å². The Balaban J connectivity index is 2.13. The van der Waals surface area contributed by atoms with Gasteiger partial charge in [0.25, 0.3) is 11.2 Å². The lowest BCUT2D eigenvalue weighted by Crippen LogP contribution is -2.40. The van der Waals surface area contributed by atoms with E-state index in [4.69, 9.17) is 5.73 Å². The fraction of sp³-hybridized carbons (Fsp3) is 0.227. The first-order valence-corrected chi connectivity index (χ1v) is 11.1. The van der Waals surface area contributed by atoms with Crippen molar-refractivity contribution in [2.75, 3.05) is 5.73 Å². The molecule has 0 bridgehead atoms. The van der Waals surface area contributed by atoms with E-state index in [2.05, 4.69) is 4.98 Å². The maximum atomic E-state index is 13.4. The normalized spacial score (nSPS) is 12.0. The van der Waals surface area contributed by atoms with Crippen molar-refractivity contribution in [1.29, 1.82) is 0 Å². The Bertz CT molecular complexity index is 1510. The van der Waals surface area contributed by atoms with Crippen LogP contribution in [-0.4, -0.2) is 17.8 Å². The van der Waals surface area contributed by atoms with Crippen molar-refractivity contribution in [3.63, 3.8) is 0 Å². The Morgan fingerprint density at radius 3 is 2.47 bits per heavy atom. The average Bonchev–Trinajstić information content (AvgIpc) is 2.70. The zero-order valence-electron chi connectivity index (χ0n) is 17.3. The quantitative estimate of drug-likeness (QED) is 0.403. The standard InChI is InChI=1S/C22H22N4O3S/c1-5-25-19(23)18(30(28,29)16-9-8-13(2)15(4)11-16)12-17-21(25)24-20-14(3)7-6-10-26(20)22(17)27/h6-12,23H,5H2,1-4H3/p+1. The third-order valence-corrected chi connectivity index (χ3v) is 7.31. The number of rotatable bonds is 3. The lowest BCUT2D eigenvalue weighted by molar-refractivity contribution is -0.656. The lowest BCUT2D eigenvalue weighted by atomic mass is 10.1. The minimum atomic E-state index is -3.93. The molecule has 154 valence electrons. The summed E-state index contributed by atoms with van der Waals surface area (Å²) in [7, 11) is -3.93. The fourth-order valence-electron chi connectivity index (χ4n) is 3.63. The van der Waals surface area contributed by atoms with E-state index in [1.54, 1.807) is 35.0 Å². The molecule has 7 nitrogen and oxygen atoms in total. The molecule has 0 unspecified atom stereocenters. The number of hydrogen-bond acceptors (Lipinski definition) is 5. The summed E-state index contributed by atoms with van der Waals surface area (Å²) in [5, 5.41) is 0.205. The molecule has 0 spiro atoms. The predicted molar refractivity (Wildman–Crippen MR) is 115 cm³/mol. The number of nitrogens with two attached hydrogens (primary N) is 1. The van der Waals surface area contributed by atoms with Crippen molar-refractivity contribution in [2.24, 2.45) is 0 Å². The number of nitrogens with zero attached hydrogens (tertiary/aromatic N) is 3. The van der Waals surface area contributed by atoms with Crippen LogP contribution >= 0.6 is 0 Å².